The first-order chi connectivity index (χ1) is 13.5. The number of hydrogen-bond donors (Lipinski definition) is 1. The van der Waals surface area contributed by atoms with Gasteiger partial charge in [0, 0.05) is 30.9 Å². The van der Waals surface area contributed by atoms with E-state index >= 15 is 0 Å². The van der Waals surface area contributed by atoms with Crippen molar-refractivity contribution in [1.29, 1.82) is 0 Å². The van der Waals surface area contributed by atoms with Gasteiger partial charge in [0.15, 0.2) is 0 Å². The summed E-state index contributed by atoms with van der Waals surface area (Å²) in [6.45, 7) is 5.42. The summed E-state index contributed by atoms with van der Waals surface area (Å²) < 4.78 is 10.5. The van der Waals surface area contributed by atoms with Crippen LogP contribution < -0.4 is 14.8 Å². The SMILES string of the molecule is CCCN(CCC)C(=O)c1ccnc(C(=O)Nc2ccc(OC)cc2OC)c1. The summed E-state index contributed by atoms with van der Waals surface area (Å²) in [7, 11) is 3.07. The smallest absolute Gasteiger partial charge is 0.274 e. The van der Waals surface area contributed by atoms with Gasteiger partial charge < -0.3 is 19.7 Å². The Morgan fingerprint density at radius 3 is 2.36 bits per heavy atom. The number of ether oxygens (including phenoxy) is 2. The molecule has 1 aromatic carbocycles. The van der Waals surface area contributed by atoms with Gasteiger partial charge in [-0.05, 0) is 37.1 Å². The lowest BCUT2D eigenvalue weighted by Gasteiger charge is -2.21. The first-order valence-corrected chi connectivity index (χ1v) is 9.32. The highest BCUT2D eigenvalue weighted by Gasteiger charge is 2.18. The van der Waals surface area contributed by atoms with Crippen LogP contribution in [0.4, 0.5) is 5.69 Å². The number of methoxy groups -OCH3 is 2. The van der Waals surface area contributed by atoms with Crippen LogP contribution >= 0.6 is 0 Å². The Morgan fingerprint density at radius 2 is 1.75 bits per heavy atom. The molecule has 0 aliphatic rings. The lowest BCUT2D eigenvalue weighted by molar-refractivity contribution is 0.0755. The fourth-order valence-corrected chi connectivity index (χ4v) is 2.81. The van der Waals surface area contributed by atoms with Gasteiger partial charge in [0.05, 0.1) is 19.9 Å². The number of benzene rings is 1. The molecule has 2 aromatic rings. The molecule has 0 unspecified atom stereocenters. The fourth-order valence-electron chi connectivity index (χ4n) is 2.81. The zero-order valence-electron chi connectivity index (χ0n) is 16.8. The van der Waals surface area contributed by atoms with E-state index in [0.717, 1.165) is 12.8 Å². The van der Waals surface area contributed by atoms with E-state index in [4.69, 9.17) is 9.47 Å². The fraction of sp³-hybridized carbons (Fsp3) is 0.381. The number of rotatable bonds is 9. The van der Waals surface area contributed by atoms with E-state index in [0.29, 0.717) is 35.8 Å². The molecule has 2 amide bonds. The number of amides is 2. The predicted octanol–water partition coefficient (Wildman–Crippen LogP) is 3.61. The molecule has 7 nitrogen and oxygen atoms in total. The van der Waals surface area contributed by atoms with Crippen molar-refractivity contribution in [3.63, 3.8) is 0 Å². The van der Waals surface area contributed by atoms with Gasteiger partial charge in [-0.2, -0.15) is 0 Å². The van der Waals surface area contributed by atoms with Crippen LogP contribution in [0.3, 0.4) is 0 Å². The normalized spacial score (nSPS) is 10.3. The second-order valence-corrected chi connectivity index (χ2v) is 6.24. The third-order valence-corrected chi connectivity index (χ3v) is 4.17. The number of nitrogens with zero attached hydrogens (tertiary/aromatic N) is 2. The molecule has 0 aliphatic carbocycles. The van der Waals surface area contributed by atoms with Gasteiger partial charge >= 0.3 is 0 Å². The largest absolute Gasteiger partial charge is 0.497 e. The number of carbonyl (C=O) groups is 2. The number of carbonyl (C=O) groups excluding carboxylic acids is 2. The molecule has 28 heavy (non-hydrogen) atoms. The summed E-state index contributed by atoms with van der Waals surface area (Å²) in [6.07, 6.45) is 3.23. The van der Waals surface area contributed by atoms with E-state index in [-0.39, 0.29) is 11.6 Å². The summed E-state index contributed by atoms with van der Waals surface area (Å²) in [4.78, 5) is 31.3. The molecule has 0 saturated carbocycles. The summed E-state index contributed by atoms with van der Waals surface area (Å²) in [5.74, 6) is 0.572. The highest BCUT2D eigenvalue weighted by molar-refractivity contribution is 6.05. The second-order valence-electron chi connectivity index (χ2n) is 6.24. The molecule has 1 aromatic heterocycles. The third-order valence-electron chi connectivity index (χ3n) is 4.17. The van der Waals surface area contributed by atoms with E-state index in [1.807, 2.05) is 13.8 Å². The molecule has 0 fully saturated rings. The minimum absolute atomic E-state index is 0.0952. The molecule has 0 aliphatic heterocycles. The van der Waals surface area contributed by atoms with Crippen LogP contribution in [0.1, 0.15) is 47.5 Å². The lowest BCUT2D eigenvalue weighted by Crippen LogP contribution is -2.32. The Balaban J connectivity index is 2.21. The van der Waals surface area contributed by atoms with Gasteiger partial charge in [0.2, 0.25) is 0 Å². The summed E-state index contributed by atoms with van der Waals surface area (Å²) in [6, 6.07) is 8.24. The topological polar surface area (TPSA) is 80.8 Å². The minimum Gasteiger partial charge on any atom is -0.497 e. The van der Waals surface area contributed by atoms with Gasteiger partial charge in [-0.25, -0.2) is 0 Å². The number of aromatic nitrogens is 1. The highest BCUT2D eigenvalue weighted by Crippen LogP contribution is 2.29. The van der Waals surface area contributed by atoms with Crippen LogP contribution in [0.25, 0.3) is 0 Å². The molecule has 2 rings (SSSR count). The molecular formula is C21H27N3O4. The number of anilines is 1. The maximum Gasteiger partial charge on any atom is 0.274 e. The van der Waals surface area contributed by atoms with E-state index in [9.17, 15) is 9.59 Å². The van der Waals surface area contributed by atoms with Crippen molar-refractivity contribution in [2.24, 2.45) is 0 Å². The van der Waals surface area contributed by atoms with E-state index < -0.39 is 5.91 Å². The van der Waals surface area contributed by atoms with Crippen molar-refractivity contribution in [3.05, 3.63) is 47.8 Å². The Labute approximate surface area is 165 Å². The van der Waals surface area contributed by atoms with Gasteiger partial charge in [-0.3, -0.25) is 14.6 Å². The summed E-state index contributed by atoms with van der Waals surface area (Å²) in [5, 5.41) is 2.77. The average Bonchev–Trinajstić information content (AvgIpc) is 2.73. The minimum atomic E-state index is -0.421. The van der Waals surface area contributed by atoms with Crippen LogP contribution in [-0.4, -0.2) is 49.0 Å². The van der Waals surface area contributed by atoms with E-state index in [1.54, 1.807) is 36.3 Å². The Bertz CT molecular complexity index is 817. The van der Waals surface area contributed by atoms with Crippen molar-refractivity contribution in [2.75, 3.05) is 32.6 Å². The molecular weight excluding hydrogens is 358 g/mol. The van der Waals surface area contributed by atoms with Crippen LogP contribution in [-0.2, 0) is 0 Å². The quantitative estimate of drug-likeness (QED) is 0.713. The number of hydrogen-bond acceptors (Lipinski definition) is 5. The average molecular weight is 385 g/mol. The van der Waals surface area contributed by atoms with Crippen molar-refractivity contribution in [3.8, 4) is 11.5 Å². The monoisotopic (exact) mass is 385 g/mol. The van der Waals surface area contributed by atoms with Crippen LogP contribution in [0.5, 0.6) is 11.5 Å². The Morgan fingerprint density at radius 1 is 1.04 bits per heavy atom. The molecule has 0 spiro atoms. The molecule has 7 heteroatoms. The molecule has 0 bridgehead atoms. The van der Waals surface area contributed by atoms with Gasteiger partial charge in [-0.1, -0.05) is 13.8 Å². The first kappa shape index (κ1) is 21.2. The Hall–Kier alpha value is -3.09. The van der Waals surface area contributed by atoms with E-state index in [1.165, 1.54) is 19.4 Å². The molecule has 1 N–H and O–H groups in total. The maximum absolute atomic E-state index is 12.8. The summed E-state index contributed by atoms with van der Waals surface area (Å²) in [5.41, 5.74) is 1.10. The molecule has 1 heterocycles. The number of nitrogens with one attached hydrogen (secondary N) is 1. The molecule has 0 atom stereocenters. The predicted molar refractivity (Wildman–Crippen MR) is 108 cm³/mol. The molecule has 150 valence electrons. The van der Waals surface area contributed by atoms with Gasteiger partial charge in [0.25, 0.3) is 11.8 Å². The van der Waals surface area contributed by atoms with Gasteiger partial charge in [0.1, 0.15) is 17.2 Å². The van der Waals surface area contributed by atoms with Crippen LogP contribution in [0.15, 0.2) is 36.5 Å². The zero-order chi connectivity index (χ0) is 20.5. The van der Waals surface area contributed by atoms with Crippen molar-refractivity contribution >= 4 is 17.5 Å². The van der Waals surface area contributed by atoms with E-state index in [2.05, 4.69) is 10.3 Å². The Kier molecular flexibility index (Phi) is 7.80. The molecule has 0 radical (unpaired) electrons. The highest BCUT2D eigenvalue weighted by atomic mass is 16.5. The van der Waals surface area contributed by atoms with Crippen LogP contribution in [0.2, 0.25) is 0 Å². The first-order valence-electron chi connectivity index (χ1n) is 9.32. The summed E-state index contributed by atoms with van der Waals surface area (Å²) >= 11 is 0. The van der Waals surface area contributed by atoms with Crippen molar-refractivity contribution < 1.29 is 19.1 Å². The van der Waals surface area contributed by atoms with Crippen LogP contribution in [0, 0.1) is 0 Å². The number of pyridine rings is 1. The lowest BCUT2D eigenvalue weighted by atomic mass is 10.1. The van der Waals surface area contributed by atoms with Crippen molar-refractivity contribution in [2.45, 2.75) is 26.7 Å². The maximum atomic E-state index is 12.8. The van der Waals surface area contributed by atoms with Crippen molar-refractivity contribution in [1.82, 2.24) is 9.88 Å². The molecule has 0 saturated heterocycles. The second kappa shape index (κ2) is 10.3. The van der Waals surface area contributed by atoms with Gasteiger partial charge in [-0.15, -0.1) is 0 Å². The standard InChI is InChI=1S/C21H27N3O4/c1-5-11-24(12-6-2)21(26)15-9-10-22-18(13-15)20(25)23-17-8-7-16(27-3)14-19(17)28-4/h7-10,13-14H,5-6,11-12H2,1-4H3,(H,23,25). The third kappa shape index (κ3) is 5.22. The zero-order valence-corrected chi connectivity index (χ0v) is 16.8.